The van der Waals surface area contributed by atoms with Gasteiger partial charge in [0.2, 0.25) is 5.91 Å². The van der Waals surface area contributed by atoms with Crippen LogP contribution in [-0.4, -0.2) is 61.1 Å². The van der Waals surface area contributed by atoms with Gasteiger partial charge in [-0.3, -0.25) is 9.69 Å². The fraction of sp³-hybridized carbons (Fsp3) is 0.938. The zero-order valence-electron chi connectivity index (χ0n) is 13.5. The quantitative estimate of drug-likeness (QED) is 0.793. The average Bonchev–Trinajstić information content (AvgIpc) is 2.45. The molecular formula is C16H30N2O2. The van der Waals surface area contributed by atoms with Gasteiger partial charge < -0.3 is 9.64 Å². The summed E-state index contributed by atoms with van der Waals surface area (Å²) < 4.78 is 5.40. The highest BCUT2D eigenvalue weighted by molar-refractivity contribution is 5.81. The van der Waals surface area contributed by atoms with Crippen molar-refractivity contribution < 1.29 is 9.53 Å². The van der Waals surface area contributed by atoms with Gasteiger partial charge in [-0.1, -0.05) is 13.8 Å². The smallest absolute Gasteiger partial charge is 0.239 e. The Hall–Kier alpha value is -0.610. The van der Waals surface area contributed by atoms with Gasteiger partial charge in [-0.05, 0) is 38.0 Å². The molecule has 0 aromatic rings. The second-order valence-electron chi connectivity index (χ2n) is 6.84. The topological polar surface area (TPSA) is 32.8 Å². The minimum Gasteiger partial charge on any atom is -0.381 e. The molecule has 2 aliphatic rings. The first-order chi connectivity index (χ1) is 9.51. The zero-order chi connectivity index (χ0) is 14.7. The number of amides is 1. The van der Waals surface area contributed by atoms with E-state index < -0.39 is 0 Å². The third-order valence-corrected chi connectivity index (χ3v) is 4.90. The van der Waals surface area contributed by atoms with Gasteiger partial charge >= 0.3 is 0 Å². The summed E-state index contributed by atoms with van der Waals surface area (Å²) in [5, 5.41) is 0. The molecule has 0 aromatic carbocycles. The lowest BCUT2D eigenvalue weighted by molar-refractivity contribution is -0.140. The molecule has 2 aliphatic heterocycles. The van der Waals surface area contributed by atoms with E-state index >= 15 is 0 Å². The Labute approximate surface area is 123 Å². The van der Waals surface area contributed by atoms with Crippen molar-refractivity contribution in [3.8, 4) is 0 Å². The molecule has 0 aromatic heterocycles. The molecule has 0 unspecified atom stereocenters. The van der Waals surface area contributed by atoms with Crippen LogP contribution in [0.4, 0.5) is 0 Å². The Morgan fingerprint density at radius 1 is 1.15 bits per heavy atom. The number of likely N-dealkylation sites (tertiary alicyclic amines) is 2. The van der Waals surface area contributed by atoms with Crippen molar-refractivity contribution >= 4 is 5.91 Å². The molecule has 0 N–H and O–H groups in total. The van der Waals surface area contributed by atoms with Crippen molar-refractivity contribution in [3.05, 3.63) is 0 Å². The van der Waals surface area contributed by atoms with Crippen LogP contribution < -0.4 is 0 Å². The van der Waals surface area contributed by atoms with Gasteiger partial charge in [-0.15, -0.1) is 0 Å². The molecule has 0 radical (unpaired) electrons. The molecule has 0 aliphatic carbocycles. The summed E-state index contributed by atoms with van der Waals surface area (Å²) >= 11 is 0. The molecule has 2 saturated heterocycles. The average molecular weight is 282 g/mol. The highest BCUT2D eigenvalue weighted by Crippen LogP contribution is 2.23. The minimum atomic E-state index is 0.0188. The standard InChI is InChI=1S/C16H30N2O2/c1-12-9-13(2)11-18(10-12)16(19)14(3)17-7-5-15(20-4)6-8-17/h12-15H,5-11H2,1-4H3/t12-,13+,14-/m1/s1. The lowest BCUT2D eigenvalue weighted by Gasteiger charge is -2.40. The maximum absolute atomic E-state index is 12.7. The molecule has 0 bridgehead atoms. The van der Waals surface area contributed by atoms with Crippen molar-refractivity contribution in [2.75, 3.05) is 33.3 Å². The summed E-state index contributed by atoms with van der Waals surface area (Å²) in [7, 11) is 1.78. The van der Waals surface area contributed by atoms with E-state index in [0.717, 1.165) is 39.0 Å². The maximum atomic E-state index is 12.7. The Kier molecular flexibility index (Phi) is 5.44. The molecule has 4 heteroatoms. The molecule has 3 atom stereocenters. The first-order valence-electron chi connectivity index (χ1n) is 8.07. The van der Waals surface area contributed by atoms with Gasteiger partial charge in [0.1, 0.15) is 0 Å². The second kappa shape index (κ2) is 6.90. The highest BCUT2D eigenvalue weighted by Gasteiger charge is 2.32. The van der Waals surface area contributed by atoms with E-state index in [-0.39, 0.29) is 6.04 Å². The summed E-state index contributed by atoms with van der Waals surface area (Å²) in [4.78, 5) is 17.1. The van der Waals surface area contributed by atoms with Crippen LogP contribution in [0.3, 0.4) is 0 Å². The lowest BCUT2D eigenvalue weighted by atomic mass is 9.91. The molecule has 0 saturated carbocycles. The van der Waals surface area contributed by atoms with Gasteiger partial charge in [-0.2, -0.15) is 0 Å². The highest BCUT2D eigenvalue weighted by atomic mass is 16.5. The summed E-state index contributed by atoms with van der Waals surface area (Å²) in [6, 6.07) is 0.0188. The van der Waals surface area contributed by atoms with E-state index in [9.17, 15) is 4.79 Å². The number of ether oxygens (including phenoxy) is 1. The number of carbonyl (C=O) groups excluding carboxylic acids is 1. The van der Waals surface area contributed by atoms with Gasteiger partial charge in [0.15, 0.2) is 0 Å². The van der Waals surface area contributed by atoms with Crippen LogP contribution in [0.15, 0.2) is 0 Å². The Morgan fingerprint density at radius 2 is 1.70 bits per heavy atom. The third kappa shape index (κ3) is 3.73. The second-order valence-corrected chi connectivity index (χ2v) is 6.84. The first kappa shape index (κ1) is 15.8. The number of methoxy groups -OCH3 is 1. The molecule has 2 fully saturated rings. The molecule has 2 rings (SSSR count). The molecule has 20 heavy (non-hydrogen) atoms. The monoisotopic (exact) mass is 282 g/mol. The minimum absolute atomic E-state index is 0.0188. The van der Waals surface area contributed by atoms with E-state index in [1.54, 1.807) is 7.11 Å². The predicted molar refractivity (Wildman–Crippen MR) is 80.6 cm³/mol. The van der Waals surface area contributed by atoms with Gasteiger partial charge in [0.25, 0.3) is 0 Å². The van der Waals surface area contributed by atoms with E-state index in [4.69, 9.17) is 4.74 Å². The van der Waals surface area contributed by atoms with Crippen LogP contribution in [-0.2, 0) is 9.53 Å². The third-order valence-electron chi connectivity index (χ3n) is 4.90. The summed E-state index contributed by atoms with van der Waals surface area (Å²) in [6.45, 7) is 10.4. The number of hydrogen-bond donors (Lipinski definition) is 0. The van der Waals surface area contributed by atoms with Crippen molar-refractivity contribution in [1.82, 2.24) is 9.80 Å². The molecule has 0 spiro atoms. The van der Waals surface area contributed by atoms with Crippen LogP contribution in [0.25, 0.3) is 0 Å². The number of rotatable bonds is 3. The Bertz CT molecular complexity index is 316. The van der Waals surface area contributed by atoms with Crippen molar-refractivity contribution in [2.24, 2.45) is 11.8 Å². The molecule has 4 nitrogen and oxygen atoms in total. The van der Waals surface area contributed by atoms with Gasteiger partial charge in [0, 0.05) is 33.3 Å². The van der Waals surface area contributed by atoms with Crippen molar-refractivity contribution in [1.29, 1.82) is 0 Å². The van der Waals surface area contributed by atoms with Crippen molar-refractivity contribution in [3.63, 3.8) is 0 Å². The zero-order valence-corrected chi connectivity index (χ0v) is 13.5. The molecule has 1 amide bonds. The molecule has 2 heterocycles. The van der Waals surface area contributed by atoms with Crippen LogP contribution in [0.2, 0.25) is 0 Å². The van der Waals surface area contributed by atoms with E-state index in [0.29, 0.717) is 23.8 Å². The van der Waals surface area contributed by atoms with Crippen molar-refractivity contribution in [2.45, 2.75) is 52.2 Å². The van der Waals surface area contributed by atoms with Crippen LogP contribution in [0, 0.1) is 11.8 Å². The summed E-state index contributed by atoms with van der Waals surface area (Å²) in [6.07, 6.45) is 3.71. The normalized spacial score (nSPS) is 31.3. The summed E-state index contributed by atoms with van der Waals surface area (Å²) in [5.41, 5.74) is 0. The number of carbonyl (C=O) groups is 1. The lowest BCUT2D eigenvalue weighted by Crippen LogP contribution is -2.53. The SMILES string of the molecule is COC1CCN([C@H](C)C(=O)N2C[C@H](C)C[C@H](C)C2)CC1. The molecular weight excluding hydrogens is 252 g/mol. The van der Waals surface area contributed by atoms with Crippen LogP contribution in [0.1, 0.15) is 40.0 Å². The van der Waals surface area contributed by atoms with Crippen LogP contribution >= 0.6 is 0 Å². The fourth-order valence-electron chi connectivity index (χ4n) is 3.76. The van der Waals surface area contributed by atoms with Crippen LogP contribution in [0.5, 0.6) is 0 Å². The van der Waals surface area contributed by atoms with E-state index in [1.165, 1.54) is 6.42 Å². The first-order valence-corrected chi connectivity index (χ1v) is 8.07. The maximum Gasteiger partial charge on any atom is 0.239 e. The Balaban J connectivity index is 1.88. The van der Waals surface area contributed by atoms with Gasteiger partial charge in [-0.25, -0.2) is 0 Å². The Morgan fingerprint density at radius 3 is 2.20 bits per heavy atom. The van der Waals surface area contributed by atoms with Gasteiger partial charge in [0.05, 0.1) is 12.1 Å². The molecule has 116 valence electrons. The summed E-state index contributed by atoms with van der Waals surface area (Å²) in [5.74, 6) is 1.59. The fourth-order valence-corrected chi connectivity index (χ4v) is 3.76. The number of nitrogens with zero attached hydrogens (tertiary/aromatic N) is 2. The largest absolute Gasteiger partial charge is 0.381 e. The predicted octanol–water partition coefficient (Wildman–Crippen LogP) is 1.99. The van der Waals surface area contributed by atoms with E-state index in [1.807, 2.05) is 0 Å². The number of hydrogen-bond acceptors (Lipinski definition) is 3. The number of piperidine rings is 2. The van der Waals surface area contributed by atoms with E-state index in [2.05, 4.69) is 30.6 Å².